The minimum atomic E-state index is -0.608. The second kappa shape index (κ2) is 7.86. The van der Waals surface area contributed by atoms with Crippen LogP contribution in [0, 0.1) is 5.82 Å². The average molecular weight is 379 g/mol. The summed E-state index contributed by atoms with van der Waals surface area (Å²) in [5, 5.41) is 10.7. The lowest BCUT2D eigenvalue weighted by Crippen LogP contribution is -2.29. The van der Waals surface area contributed by atoms with Crippen molar-refractivity contribution < 1.29 is 9.50 Å². The highest BCUT2D eigenvalue weighted by Gasteiger charge is 2.29. The van der Waals surface area contributed by atoms with Crippen LogP contribution in [0.5, 0.6) is 0 Å². The van der Waals surface area contributed by atoms with Gasteiger partial charge in [-0.1, -0.05) is 0 Å². The van der Waals surface area contributed by atoms with E-state index in [1.807, 2.05) is 19.1 Å². The number of rotatable bonds is 4. The average Bonchev–Trinajstić information content (AvgIpc) is 3.11. The number of benzene rings is 1. The first kappa shape index (κ1) is 18.8. The van der Waals surface area contributed by atoms with Gasteiger partial charge in [0.15, 0.2) is 0 Å². The number of aromatic amines is 1. The molecule has 1 saturated heterocycles. The first-order chi connectivity index (χ1) is 13.5. The predicted molar refractivity (Wildman–Crippen MR) is 110 cm³/mol. The fourth-order valence-corrected chi connectivity index (χ4v) is 4.24. The molecule has 2 N–H and O–H groups in total. The molecule has 146 valence electrons. The maximum atomic E-state index is 13.5. The maximum Gasteiger partial charge on any atom is 0.123 e. The van der Waals surface area contributed by atoms with Crippen molar-refractivity contribution >= 4 is 0 Å². The minimum Gasteiger partial charge on any atom is -0.389 e. The van der Waals surface area contributed by atoms with E-state index >= 15 is 0 Å². The van der Waals surface area contributed by atoms with Crippen molar-refractivity contribution in [3.63, 3.8) is 0 Å². The van der Waals surface area contributed by atoms with Crippen LogP contribution in [-0.2, 0) is 0 Å². The molecule has 1 fully saturated rings. The van der Waals surface area contributed by atoms with Crippen molar-refractivity contribution in [2.24, 2.45) is 0 Å². The molecular formula is C23H26FN3O. The molecule has 2 aromatic heterocycles. The fourth-order valence-electron chi connectivity index (χ4n) is 4.24. The summed E-state index contributed by atoms with van der Waals surface area (Å²) in [5.74, 6) is 0.114. The third-order valence-electron chi connectivity index (χ3n) is 5.72. The molecule has 1 aromatic carbocycles. The van der Waals surface area contributed by atoms with E-state index in [-0.39, 0.29) is 5.82 Å². The van der Waals surface area contributed by atoms with Crippen molar-refractivity contribution in [1.29, 1.82) is 0 Å². The third-order valence-corrected chi connectivity index (χ3v) is 5.72. The van der Waals surface area contributed by atoms with E-state index < -0.39 is 6.10 Å². The van der Waals surface area contributed by atoms with E-state index in [0.717, 1.165) is 59.6 Å². The van der Waals surface area contributed by atoms with Crippen LogP contribution in [0.1, 0.15) is 43.0 Å². The van der Waals surface area contributed by atoms with E-state index in [0.29, 0.717) is 5.92 Å². The standard InChI is InChI=1S/C23H26FN3O/c1-15(28)20-21(16-7-11-25-12-8-16)23(17-3-5-19(24)6-4-17)26-22(20)18-9-13-27(2)14-10-18/h3-8,11-12,15,18,26,28H,9-10,13-14H2,1-2H3. The second-order valence-electron chi connectivity index (χ2n) is 7.70. The molecule has 3 aromatic rings. The van der Waals surface area contributed by atoms with Crippen LogP contribution in [-0.4, -0.2) is 40.1 Å². The number of aromatic nitrogens is 2. The Morgan fingerprint density at radius 3 is 2.32 bits per heavy atom. The summed E-state index contributed by atoms with van der Waals surface area (Å²) >= 11 is 0. The third kappa shape index (κ3) is 3.60. The van der Waals surface area contributed by atoms with Crippen LogP contribution in [0.15, 0.2) is 48.8 Å². The predicted octanol–water partition coefficient (Wildman–Crippen LogP) is 4.75. The highest BCUT2D eigenvalue weighted by atomic mass is 19.1. The molecule has 3 heterocycles. The van der Waals surface area contributed by atoms with Crippen molar-refractivity contribution in [3.8, 4) is 22.4 Å². The van der Waals surface area contributed by atoms with Crippen molar-refractivity contribution in [2.75, 3.05) is 20.1 Å². The number of aliphatic hydroxyl groups excluding tert-OH is 1. The second-order valence-corrected chi connectivity index (χ2v) is 7.70. The van der Waals surface area contributed by atoms with Crippen molar-refractivity contribution in [3.05, 3.63) is 65.9 Å². The number of H-pyrrole nitrogens is 1. The Labute approximate surface area is 165 Å². The monoisotopic (exact) mass is 379 g/mol. The number of piperidine rings is 1. The summed E-state index contributed by atoms with van der Waals surface area (Å²) in [4.78, 5) is 10.1. The number of likely N-dealkylation sites (tertiary alicyclic amines) is 1. The number of nitrogens with one attached hydrogen (secondary N) is 1. The van der Waals surface area contributed by atoms with Crippen molar-refractivity contribution in [1.82, 2.24) is 14.9 Å². The summed E-state index contributed by atoms with van der Waals surface area (Å²) < 4.78 is 13.5. The molecule has 1 unspecified atom stereocenters. The van der Waals surface area contributed by atoms with Gasteiger partial charge in [0, 0.05) is 35.1 Å². The minimum absolute atomic E-state index is 0.257. The maximum absolute atomic E-state index is 13.5. The molecule has 5 heteroatoms. The lowest BCUT2D eigenvalue weighted by molar-refractivity contribution is 0.195. The molecule has 4 rings (SSSR count). The Morgan fingerprint density at radius 2 is 1.71 bits per heavy atom. The largest absolute Gasteiger partial charge is 0.389 e. The summed E-state index contributed by atoms with van der Waals surface area (Å²) in [6.07, 6.45) is 5.02. The summed E-state index contributed by atoms with van der Waals surface area (Å²) in [7, 11) is 2.15. The molecule has 0 spiro atoms. The van der Waals surface area contributed by atoms with E-state index in [9.17, 15) is 9.50 Å². The summed E-state index contributed by atoms with van der Waals surface area (Å²) in [6.45, 7) is 3.90. The normalized spacial score (nSPS) is 17.0. The molecule has 28 heavy (non-hydrogen) atoms. The van der Waals surface area contributed by atoms with Gasteiger partial charge in [0.2, 0.25) is 0 Å². The van der Waals surface area contributed by atoms with Crippen LogP contribution in [0.3, 0.4) is 0 Å². The van der Waals surface area contributed by atoms with Crippen LogP contribution in [0.4, 0.5) is 4.39 Å². The number of hydrogen-bond acceptors (Lipinski definition) is 3. The lowest BCUT2D eigenvalue weighted by atomic mass is 9.87. The fraction of sp³-hybridized carbons (Fsp3) is 0.348. The molecule has 0 radical (unpaired) electrons. The smallest absolute Gasteiger partial charge is 0.123 e. The molecule has 1 atom stereocenters. The van der Waals surface area contributed by atoms with Gasteiger partial charge in [0.25, 0.3) is 0 Å². The van der Waals surface area contributed by atoms with Crippen molar-refractivity contribution in [2.45, 2.75) is 31.8 Å². The van der Waals surface area contributed by atoms with E-state index in [2.05, 4.69) is 21.9 Å². The highest BCUT2D eigenvalue weighted by molar-refractivity contribution is 5.85. The number of aliphatic hydroxyl groups is 1. The number of halogens is 1. The van der Waals surface area contributed by atoms with Crippen LogP contribution < -0.4 is 0 Å². The molecule has 1 aliphatic heterocycles. The van der Waals surface area contributed by atoms with Gasteiger partial charge in [-0.05, 0) is 87.4 Å². The zero-order chi connectivity index (χ0) is 19.7. The van der Waals surface area contributed by atoms with Crippen LogP contribution in [0.2, 0.25) is 0 Å². The first-order valence-corrected chi connectivity index (χ1v) is 9.83. The molecule has 1 aliphatic rings. The Hall–Kier alpha value is -2.50. The Morgan fingerprint density at radius 1 is 1.07 bits per heavy atom. The molecular weight excluding hydrogens is 353 g/mol. The lowest BCUT2D eigenvalue weighted by Gasteiger charge is -2.29. The molecule has 0 saturated carbocycles. The zero-order valence-electron chi connectivity index (χ0n) is 16.3. The number of pyridine rings is 1. The molecule has 0 aliphatic carbocycles. The molecule has 0 bridgehead atoms. The van der Waals surface area contributed by atoms with Crippen LogP contribution in [0.25, 0.3) is 22.4 Å². The first-order valence-electron chi connectivity index (χ1n) is 9.83. The van der Waals surface area contributed by atoms with Gasteiger partial charge < -0.3 is 15.0 Å². The number of hydrogen-bond donors (Lipinski definition) is 2. The van der Waals surface area contributed by atoms with Gasteiger partial charge in [0.05, 0.1) is 11.8 Å². The van der Waals surface area contributed by atoms with E-state index in [1.54, 1.807) is 24.5 Å². The number of nitrogens with zero attached hydrogens (tertiary/aromatic N) is 2. The topological polar surface area (TPSA) is 52.1 Å². The molecule has 0 amide bonds. The zero-order valence-corrected chi connectivity index (χ0v) is 16.3. The van der Waals surface area contributed by atoms with Gasteiger partial charge in [0.1, 0.15) is 5.82 Å². The van der Waals surface area contributed by atoms with E-state index in [4.69, 9.17) is 0 Å². The quantitative estimate of drug-likeness (QED) is 0.688. The van der Waals surface area contributed by atoms with Crippen LogP contribution >= 0.6 is 0 Å². The Kier molecular flexibility index (Phi) is 5.29. The summed E-state index contributed by atoms with van der Waals surface area (Å²) in [6, 6.07) is 10.4. The Bertz CT molecular complexity index is 926. The van der Waals surface area contributed by atoms with Gasteiger partial charge in [-0.15, -0.1) is 0 Å². The van der Waals surface area contributed by atoms with E-state index in [1.165, 1.54) is 12.1 Å². The van der Waals surface area contributed by atoms with Gasteiger partial charge in [-0.2, -0.15) is 0 Å². The van der Waals surface area contributed by atoms with Gasteiger partial charge in [-0.3, -0.25) is 4.98 Å². The Balaban J connectivity index is 1.91. The molecule has 4 nitrogen and oxygen atoms in total. The SMILES string of the molecule is CC(O)c1c(C2CCN(C)CC2)[nH]c(-c2ccc(F)cc2)c1-c1ccncc1. The van der Waals surface area contributed by atoms with Gasteiger partial charge >= 0.3 is 0 Å². The highest BCUT2D eigenvalue weighted by Crippen LogP contribution is 2.43. The summed E-state index contributed by atoms with van der Waals surface area (Å²) in [5.41, 5.74) is 5.87. The van der Waals surface area contributed by atoms with Gasteiger partial charge in [-0.25, -0.2) is 4.39 Å².